The normalized spacial score (nSPS) is 18.2. The van der Waals surface area contributed by atoms with Gasteiger partial charge in [0.15, 0.2) is 5.96 Å². The van der Waals surface area contributed by atoms with Gasteiger partial charge in [0.1, 0.15) is 15.7 Å². The molecule has 1 aliphatic heterocycles. The number of hydrogen-bond acceptors (Lipinski definition) is 5. The van der Waals surface area contributed by atoms with Gasteiger partial charge in [-0.1, -0.05) is 6.07 Å². The molecule has 28 heavy (non-hydrogen) atoms. The Labute approximate surface area is 167 Å². The van der Waals surface area contributed by atoms with E-state index in [4.69, 9.17) is 4.74 Å². The Morgan fingerprint density at radius 2 is 2.18 bits per heavy atom. The molecule has 158 valence electrons. The molecule has 0 aliphatic carbocycles. The fourth-order valence-electron chi connectivity index (χ4n) is 3.12. The van der Waals surface area contributed by atoms with Gasteiger partial charge < -0.3 is 20.3 Å². The number of halogens is 1. The average Bonchev–Trinajstić information content (AvgIpc) is 2.64. The lowest BCUT2D eigenvalue weighted by Gasteiger charge is -2.35. The minimum absolute atomic E-state index is 0.0212. The Morgan fingerprint density at radius 1 is 1.39 bits per heavy atom. The maximum Gasteiger partial charge on any atom is 0.191 e. The maximum atomic E-state index is 14.2. The zero-order valence-corrected chi connectivity index (χ0v) is 17.7. The lowest BCUT2D eigenvalue weighted by molar-refractivity contribution is 0.154. The lowest BCUT2D eigenvalue weighted by Crippen LogP contribution is -2.51. The predicted molar refractivity (Wildman–Crippen MR) is 111 cm³/mol. The number of ether oxygens (including phenoxy) is 1. The molecule has 0 bridgehead atoms. The van der Waals surface area contributed by atoms with E-state index in [0.29, 0.717) is 31.3 Å². The van der Waals surface area contributed by atoms with E-state index in [9.17, 15) is 12.8 Å². The van der Waals surface area contributed by atoms with Crippen molar-refractivity contribution in [3.63, 3.8) is 0 Å². The molecule has 9 heteroatoms. The number of aliphatic imine (C=N–C) groups is 1. The molecule has 1 saturated heterocycles. The van der Waals surface area contributed by atoms with Crippen LogP contribution in [0.5, 0.6) is 0 Å². The lowest BCUT2D eigenvalue weighted by atomic mass is 10.0. The molecule has 1 aliphatic rings. The minimum atomic E-state index is -3.00. The van der Waals surface area contributed by atoms with Gasteiger partial charge in [-0.25, -0.2) is 12.8 Å². The summed E-state index contributed by atoms with van der Waals surface area (Å²) < 4.78 is 41.6. The number of nitrogens with one attached hydrogen (secondary N) is 2. The number of nitrogens with zero attached hydrogens (tertiary/aromatic N) is 2. The highest BCUT2D eigenvalue weighted by atomic mass is 32.2. The van der Waals surface area contributed by atoms with Gasteiger partial charge in [0.25, 0.3) is 0 Å². The van der Waals surface area contributed by atoms with Crippen molar-refractivity contribution in [2.45, 2.75) is 25.8 Å². The molecule has 0 aromatic heterocycles. The van der Waals surface area contributed by atoms with E-state index < -0.39 is 9.84 Å². The molecule has 1 fully saturated rings. The molecule has 1 heterocycles. The molecule has 1 aromatic carbocycles. The standard InChI is InChI=1S/C19H31FN4O3S/c1-15-6-7-17(20)18(13-15)24-9-4-5-16(14-24)23-19(21-2)22-8-10-27-11-12-28(3,25)26/h6-7,13,16H,4-5,8-12,14H2,1-3H3,(H2,21,22,23). The summed E-state index contributed by atoms with van der Waals surface area (Å²) in [7, 11) is -1.30. The van der Waals surface area contributed by atoms with Crippen LogP contribution in [0.3, 0.4) is 0 Å². The van der Waals surface area contributed by atoms with E-state index in [0.717, 1.165) is 24.9 Å². The first-order valence-corrected chi connectivity index (χ1v) is 11.6. The summed E-state index contributed by atoms with van der Waals surface area (Å²) in [6.07, 6.45) is 3.14. The highest BCUT2D eigenvalue weighted by Gasteiger charge is 2.22. The summed E-state index contributed by atoms with van der Waals surface area (Å²) >= 11 is 0. The fourth-order valence-corrected chi connectivity index (χ4v) is 3.54. The summed E-state index contributed by atoms with van der Waals surface area (Å²) in [5.74, 6) is 0.483. The smallest absolute Gasteiger partial charge is 0.191 e. The van der Waals surface area contributed by atoms with Crippen molar-refractivity contribution in [3.8, 4) is 0 Å². The number of guanidine groups is 1. The van der Waals surface area contributed by atoms with Crippen LogP contribution in [0, 0.1) is 12.7 Å². The van der Waals surface area contributed by atoms with E-state index in [-0.39, 0.29) is 24.2 Å². The van der Waals surface area contributed by atoms with Crippen LogP contribution >= 0.6 is 0 Å². The summed E-state index contributed by atoms with van der Waals surface area (Å²) in [5.41, 5.74) is 1.69. The molecule has 7 nitrogen and oxygen atoms in total. The number of piperidine rings is 1. The minimum Gasteiger partial charge on any atom is -0.379 e. The third kappa shape index (κ3) is 7.63. The Bertz CT molecular complexity index is 770. The monoisotopic (exact) mass is 414 g/mol. The van der Waals surface area contributed by atoms with E-state index in [1.54, 1.807) is 13.1 Å². The Hall–Kier alpha value is -1.87. The number of anilines is 1. The molecule has 0 saturated carbocycles. The highest BCUT2D eigenvalue weighted by Crippen LogP contribution is 2.24. The van der Waals surface area contributed by atoms with Crippen LogP contribution in [0.1, 0.15) is 18.4 Å². The third-order valence-electron chi connectivity index (χ3n) is 4.57. The second kappa shape index (κ2) is 10.6. The summed E-state index contributed by atoms with van der Waals surface area (Å²) in [4.78, 5) is 6.29. The van der Waals surface area contributed by atoms with Crippen molar-refractivity contribution in [1.29, 1.82) is 0 Å². The molecule has 0 amide bonds. The molecule has 2 N–H and O–H groups in total. The summed E-state index contributed by atoms with van der Waals surface area (Å²) in [5, 5.41) is 6.54. The van der Waals surface area contributed by atoms with Crippen molar-refractivity contribution in [3.05, 3.63) is 29.6 Å². The van der Waals surface area contributed by atoms with E-state index in [2.05, 4.69) is 20.5 Å². The van der Waals surface area contributed by atoms with E-state index in [1.165, 1.54) is 12.3 Å². The maximum absolute atomic E-state index is 14.2. The van der Waals surface area contributed by atoms with Crippen molar-refractivity contribution in [2.24, 2.45) is 4.99 Å². The van der Waals surface area contributed by atoms with Crippen LogP contribution in [-0.4, -0.2) is 72.3 Å². The average molecular weight is 415 g/mol. The quantitative estimate of drug-likeness (QED) is 0.379. The fraction of sp³-hybridized carbons (Fsp3) is 0.632. The predicted octanol–water partition coefficient (Wildman–Crippen LogP) is 1.33. The van der Waals surface area contributed by atoms with Crippen LogP contribution in [0.15, 0.2) is 23.2 Å². The molecule has 0 radical (unpaired) electrons. The van der Waals surface area contributed by atoms with Crippen LogP contribution in [0.4, 0.5) is 10.1 Å². The van der Waals surface area contributed by atoms with Gasteiger partial charge in [-0.15, -0.1) is 0 Å². The van der Waals surface area contributed by atoms with Crippen LogP contribution in [0.25, 0.3) is 0 Å². The number of sulfone groups is 1. The van der Waals surface area contributed by atoms with Gasteiger partial charge in [0.05, 0.1) is 24.7 Å². The molecule has 2 rings (SSSR count). The SMILES string of the molecule is CN=C(NCCOCCS(C)(=O)=O)NC1CCCN(c2cc(C)ccc2F)C1. The molecule has 1 aromatic rings. The largest absolute Gasteiger partial charge is 0.379 e. The molecular formula is C19H31FN4O3S. The number of benzene rings is 1. The summed E-state index contributed by atoms with van der Waals surface area (Å²) in [6.45, 7) is 4.59. The zero-order chi connectivity index (χ0) is 20.6. The van der Waals surface area contributed by atoms with Gasteiger partial charge in [0, 0.05) is 39.0 Å². The first-order valence-electron chi connectivity index (χ1n) is 9.52. The van der Waals surface area contributed by atoms with Crippen LogP contribution in [-0.2, 0) is 14.6 Å². The van der Waals surface area contributed by atoms with Gasteiger partial charge in [0.2, 0.25) is 0 Å². The Morgan fingerprint density at radius 3 is 2.89 bits per heavy atom. The van der Waals surface area contributed by atoms with Gasteiger partial charge in [-0.3, -0.25) is 4.99 Å². The summed E-state index contributed by atoms with van der Waals surface area (Å²) in [6, 6.07) is 5.35. The van der Waals surface area contributed by atoms with Gasteiger partial charge in [-0.2, -0.15) is 0 Å². The number of rotatable bonds is 8. The Kier molecular flexibility index (Phi) is 8.50. The van der Waals surface area contributed by atoms with E-state index >= 15 is 0 Å². The number of aryl methyl sites for hydroxylation is 1. The van der Waals surface area contributed by atoms with Gasteiger partial charge in [-0.05, 0) is 37.5 Å². The molecule has 1 unspecified atom stereocenters. The van der Waals surface area contributed by atoms with Crippen molar-refractivity contribution in [1.82, 2.24) is 10.6 Å². The van der Waals surface area contributed by atoms with Crippen molar-refractivity contribution >= 4 is 21.5 Å². The number of hydrogen-bond donors (Lipinski definition) is 2. The topological polar surface area (TPSA) is 83.0 Å². The van der Waals surface area contributed by atoms with E-state index in [1.807, 2.05) is 13.0 Å². The van der Waals surface area contributed by atoms with Crippen molar-refractivity contribution in [2.75, 3.05) is 56.8 Å². The zero-order valence-electron chi connectivity index (χ0n) is 16.9. The molecule has 0 spiro atoms. The first-order chi connectivity index (χ1) is 13.3. The third-order valence-corrected chi connectivity index (χ3v) is 5.47. The molecular weight excluding hydrogens is 383 g/mol. The Balaban J connectivity index is 1.78. The van der Waals surface area contributed by atoms with Crippen molar-refractivity contribution < 1.29 is 17.5 Å². The molecule has 1 atom stereocenters. The van der Waals surface area contributed by atoms with Gasteiger partial charge >= 0.3 is 0 Å². The van der Waals surface area contributed by atoms with Crippen LogP contribution in [0.2, 0.25) is 0 Å². The van der Waals surface area contributed by atoms with Crippen LogP contribution < -0.4 is 15.5 Å². The second-order valence-electron chi connectivity index (χ2n) is 7.13. The highest BCUT2D eigenvalue weighted by molar-refractivity contribution is 7.90. The first kappa shape index (κ1) is 22.4. The second-order valence-corrected chi connectivity index (χ2v) is 9.39.